The van der Waals surface area contributed by atoms with E-state index in [0.29, 0.717) is 0 Å². The molecule has 0 aliphatic rings. The number of aryl methyl sites for hydroxylation is 2. The summed E-state index contributed by atoms with van der Waals surface area (Å²) < 4.78 is 2.67. The van der Waals surface area contributed by atoms with Crippen molar-refractivity contribution in [2.24, 2.45) is 0 Å². The summed E-state index contributed by atoms with van der Waals surface area (Å²) in [7, 11) is 0. The summed E-state index contributed by atoms with van der Waals surface area (Å²) in [5.74, 6) is 0. The van der Waals surface area contributed by atoms with E-state index in [1.807, 2.05) is 44.2 Å². The minimum Gasteiger partial charge on any atom is -0.264 e. The summed E-state index contributed by atoms with van der Waals surface area (Å²) in [5, 5.41) is 15.3. The summed E-state index contributed by atoms with van der Waals surface area (Å²) in [4.78, 5) is 10.6. The molecule has 0 saturated carbocycles. The molecule has 0 fully saturated rings. The van der Waals surface area contributed by atoms with Gasteiger partial charge in [0.2, 0.25) is 6.54 Å². The molecule has 0 radical (unpaired) electrons. The number of halogens is 1. The van der Waals surface area contributed by atoms with Crippen LogP contribution in [0.5, 0.6) is 0 Å². The van der Waals surface area contributed by atoms with Crippen LogP contribution in [-0.4, -0.2) is 21.2 Å². The van der Waals surface area contributed by atoms with Crippen molar-refractivity contribution in [3.05, 3.63) is 61.9 Å². The number of aromatic nitrogens is 2. The Kier molecular flexibility index (Phi) is 3.99. The standard InChI is InChI=1S/C13H14BrN3O2/c1-9-7-10(2)17(15-9)13(8-16(18)19)11-3-5-12(14)6-4-11/h3-7,13H,8H2,1-2H3/t13-/m1/s1. The Labute approximate surface area is 119 Å². The molecule has 5 nitrogen and oxygen atoms in total. The Bertz CT molecular complexity index is 592. The maximum absolute atomic E-state index is 10.9. The van der Waals surface area contributed by atoms with Gasteiger partial charge in [0.15, 0.2) is 0 Å². The van der Waals surface area contributed by atoms with Crippen LogP contribution in [0.25, 0.3) is 0 Å². The molecule has 19 heavy (non-hydrogen) atoms. The van der Waals surface area contributed by atoms with Crippen LogP contribution >= 0.6 is 15.9 Å². The molecule has 0 saturated heterocycles. The van der Waals surface area contributed by atoms with Crippen molar-refractivity contribution in [2.75, 3.05) is 6.54 Å². The van der Waals surface area contributed by atoms with Gasteiger partial charge in [0, 0.05) is 15.1 Å². The van der Waals surface area contributed by atoms with Crippen LogP contribution in [0.15, 0.2) is 34.8 Å². The van der Waals surface area contributed by atoms with Crippen LogP contribution in [-0.2, 0) is 0 Å². The molecular weight excluding hydrogens is 310 g/mol. The highest BCUT2D eigenvalue weighted by Crippen LogP contribution is 2.22. The van der Waals surface area contributed by atoms with Gasteiger partial charge in [-0.2, -0.15) is 5.10 Å². The van der Waals surface area contributed by atoms with Crippen molar-refractivity contribution in [1.29, 1.82) is 0 Å². The van der Waals surface area contributed by atoms with Gasteiger partial charge in [0.25, 0.3) is 0 Å². The van der Waals surface area contributed by atoms with E-state index in [0.717, 1.165) is 21.4 Å². The lowest BCUT2D eigenvalue weighted by Crippen LogP contribution is -2.22. The molecule has 100 valence electrons. The van der Waals surface area contributed by atoms with E-state index in [-0.39, 0.29) is 17.5 Å². The molecule has 2 aromatic rings. The predicted molar refractivity (Wildman–Crippen MR) is 75.8 cm³/mol. The number of hydrogen-bond acceptors (Lipinski definition) is 3. The Balaban J connectivity index is 2.43. The molecule has 1 atom stereocenters. The fourth-order valence-corrected chi connectivity index (χ4v) is 2.38. The average molecular weight is 324 g/mol. The maximum Gasteiger partial charge on any atom is 0.230 e. The van der Waals surface area contributed by atoms with Gasteiger partial charge in [0.1, 0.15) is 6.04 Å². The van der Waals surface area contributed by atoms with Crippen molar-refractivity contribution in [2.45, 2.75) is 19.9 Å². The first-order valence-electron chi connectivity index (χ1n) is 5.87. The summed E-state index contributed by atoms with van der Waals surface area (Å²) >= 11 is 3.36. The molecule has 0 N–H and O–H groups in total. The Morgan fingerprint density at radius 1 is 1.37 bits per heavy atom. The first-order valence-corrected chi connectivity index (χ1v) is 6.66. The Morgan fingerprint density at radius 2 is 2.00 bits per heavy atom. The third-order valence-electron chi connectivity index (χ3n) is 2.92. The zero-order chi connectivity index (χ0) is 14.0. The second-order valence-electron chi connectivity index (χ2n) is 4.45. The second kappa shape index (κ2) is 5.52. The van der Waals surface area contributed by atoms with E-state index in [1.165, 1.54) is 0 Å². The molecule has 2 rings (SSSR count). The van der Waals surface area contributed by atoms with Crippen molar-refractivity contribution < 1.29 is 4.92 Å². The van der Waals surface area contributed by atoms with Crippen LogP contribution in [0, 0.1) is 24.0 Å². The molecule has 1 aromatic carbocycles. The van der Waals surface area contributed by atoms with Gasteiger partial charge < -0.3 is 0 Å². The lowest BCUT2D eigenvalue weighted by Gasteiger charge is -2.16. The number of hydrogen-bond donors (Lipinski definition) is 0. The Morgan fingerprint density at radius 3 is 2.47 bits per heavy atom. The van der Waals surface area contributed by atoms with Crippen LogP contribution < -0.4 is 0 Å². The molecule has 6 heteroatoms. The molecule has 0 amide bonds. The smallest absolute Gasteiger partial charge is 0.230 e. The molecule has 0 aliphatic carbocycles. The van der Waals surface area contributed by atoms with E-state index >= 15 is 0 Å². The van der Waals surface area contributed by atoms with Gasteiger partial charge in [-0.1, -0.05) is 28.1 Å². The third-order valence-corrected chi connectivity index (χ3v) is 3.45. The minimum absolute atomic E-state index is 0.177. The van der Waals surface area contributed by atoms with Gasteiger partial charge in [-0.05, 0) is 37.6 Å². The van der Waals surface area contributed by atoms with E-state index in [9.17, 15) is 10.1 Å². The number of nitro groups is 1. The van der Waals surface area contributed by atoms with E-state index < -0.39 is 0 Å². The molecule has 1 aromatic heterocycles. The van der Waals surface area contributed by atoms with Crippen LogP contribution in [0.4, 0.5) is 0 Å². The Hall–Kier alpha value is -1.69. The lowest BCUT2D eigenvalue weighted by molar-refractivity contribution is -0.484. The predicted octanol–water partition coefficient (Wildman–Crippen LogP) is 3.13. The fourth-order valence-electron chi connectivity index (χ4n) is 2.11. The highest BCUT2D eigenvalue weighted by Gasteiger charge is 2.22. The quantitative estimate of drug-likeness (QED) is 0.641. The van der Waals surface area contributed by atoms with Gasteiger partial charge in [0.05, 0.1) is 5.69 Å². The molecule has 1 heterocycles. The van der Waals surface area contributed by atoms with Crippen molar-refractivity contribution in [3.8, 4) is 0 Å². The molecule has 0 bridgehead atoms. The number of nitrogens with zero attached hydrogens (tertiary/aromatic N) is 3. The summed E-state index contributed by atoms with van der Waals surface area (Å²) in [6.45, 7) is 3.61. The largest absolute Gasteiger partial charge is 0.264 e. The third kappa shape index (κ3) is 3.20. The van der Waals surface area contributed by atoms with E-state index in [4.69, 9.17) is 0 Å². The maximum atomic E-state index is 10.9. The first-order chi connectivity index (χ1) is 8.97. The van der Waals surface area contributed by atoms with Crippen molar-refractivity contribution in [1.82, 2.24) is 9.78 Å². The lowest BCUT2D eigenvalue weighted by atomic mass is 10.1. The normalized spacial score (nSPS) is 12.4. The minimum atomic E-state index is -0.378. The number of benzene rings is 1. The van der Waals surface area contributed by atoms with E-state index in [1.54, 1.807) is 4.68 Å². The molecular formula is C13H14BrN3O2. The van der Waals surface area contributed by atoms with Crippen LogP contribution in [0.3, 0.4) is 0 Å². The van der Waals surface area contributed by atoms with Crippen LogP contribution in [0.2, 0.25) is 0 Å². The molecule has 0 aliphatic heterocycles. The average Bonchev–Trinajstić information content (AvgIpc) is 2.66. The molecule has 0 unspecified atom stereocenters. The van der Waals surface area contributed by atoms with Crippen LogP contribution in [0.1, 0.15) is 23.0 Å². The summed E-state index contributed by atoms with van der Waals surface area (Å²) in [5.41, 5.74) is 2.67. The zero-order valence-electron chi connectivity index (χ0n) is 10.7. The number of rotatable bonds is 4. The summed E-state index contributed by atoms with van der Waals surface area (Å²) in [6.07, 6.45) is 0. The van der Waals surface area contributed by atoms with E-state index in [2.05, 4.69) is 21.0 Å². The first kappa shape index (κ1) is 13.7. The fraction of sp³-hybridized carbons (Fsp3) is 0.308. The van der Waals surface area contributed by atoms with Gasteiger partial charge in [-0.15, -0.1) is 0 Å². The van der Waals surface area contributed by atoms with Crippen molar-refractivity contribution in [3.63, 3.8) is 0 Å². The molecule has 0 spiro atoms. The monoisotopic (exact) mass is 323 g/mol. The topological polar surface area (TPSA) is 61.0 Å². The van der Waals surface area contributed by atoms with Gasteiger partial charge in [-0.25, -0.2) is 0 Å². The zero-order valence-corrected chi connectivity index (χ0v) is 12.3. The second-order valence-corrected chi connectivity index (χ2v) is 5.37. The highest BCUT2D eigenvalue weighted by atomic mass is 79.9. The van der Waals surface area contributed by atoms with Gasteiger partial charge >= 0.3 is 0 Å². The van der Waals surface area contributed by atoms with Crippen molar-refractivity contribution >= 4 is 15.9 Å². The summed E-state index contributed by atoms with van der Waals surface area (Å²) in [6, 6.07) is 9.08. The SMILES string of the molecule is Cc1cc(C)n([C@H](C[N+](=O)[O-])c2ccc(Br)cc2)n1. The van der Waals surface area contributed by atoms with Gasteiger partial charge in [-0.3, -0.25) is 14.8 Å². The highest BCUT2D eigenvalue weighted by molar-refractivity contribution is 9.10.